The Morgan fingerprint density at radius 1 is 0.583 bits per heavy atom. The van der Waals surface area contributed by atoms with Crippen LogP contribution in [0.1, 0.15) is 0 Å². The molecular weight excluding hydrogens is 1180 g/mol. The van der Waals surface area contributed by atoms with Gasteiger partial charge in [0.2, 0.25) is 17.2 Å². The molecule has 0 aliphatic rings. The molecule has 72 heavy (non-hydrogen) atoms. The second kappa shape index (κ2) is 22.2. The van der Waals surface area contributed by atoms with Gasteiger partial charge in [0.25, 0.3) is 30.4 Å². The average Bonchev–Trinajstić information content (AvgIpc) is 3.23. The molecule has 0 spiro atoms. The number of nitrogens with one attached hydrogen (secondary N) is 2. The summed E-state index contributed by atoms with van der Waals surface area (Å²) in [6, 6.07) is 17.9. The van der Waals surface area contributed by atoms with Gasteiger partial charge in [0, 0.05) is 61.1 Å². The van der Waals surface area contributed by atoms with Crippen molar-refractivity contribution in [3.63, 3.8) is 0 Å². The number of rotatable bonds is 13. The van der Waals surface area contributed by atoms with E-state index < -0.39 is 143 Å². The zero-order valence-corrected chi connectivity index (χ0v) is 44.0. The number of nitrogen functional groups attached to an aromatic ring is 1. The number of phenolic OH excluding ortho intramolecular Hbond substituents is 1. The van der Waals surface area contributed by atoms with E-state index in [0.717, 1.165) is 42.5 Å². The number of phenols is 1. The zero-order valence-electron chi connectivity index (χ0n) is 35.5. The van der Waals surface area contributed by atoms with E-state index in [9.17, 15) is 71.3 Å². The molecule has 28 nitrogen and oxygen atoms in total. The number of aromatic hydroxyl groups is 1. The third kappa shape index (κ3) is 13.8. The summed E-state index contributed by atoms with van der Waals surface area (Å²) in [5.41, 5.74) is 2.63. The van der Waals surface area contributed by atoms with Crippen LogP contribution in [0.15, 0.2) is 136 Å². The molecule has 1 unspecified atom stereocenters. The minimum atomic E-state index is -5.40. The Kier molecular flexibility index (Phi) is 17.8. The van der Waals surface area contributed by atoms with Crippen molar-refractivity contribution in [3.05, 3.63) is 96.3 Å². The van der Waals surface area contributed by atoms with Crippen LogP contribution in [0.25, 0.3) is 21.5 Å². The van der Waals surface area contributed by atoms with E-state index in [4.69, 9.17) is 26.1 Å². The van der Waals surface area contributed by atoms with Crippen LogP contribution < -0.4 is 16.4 Å². The molecule has 381 valence electrons. The summed E-state index contributed by atoms with van der Waals surface area (Å²) in [6.45, 7) is 0. The van der Waals surface area contributed by atoms with Crippen molar-refractivity contribution in [3.8, 4) is 5.75 Å². The number of aromatic nitrogens is 3. The Hall–Kier alpha value is -5.06. The quantitative estimate of drug-likeness (QED) is 0.0221. The van der Waals surface area contributed by atoms with E-state index in [1.54, 1.807) is 30.3 Å². The van der Waals surface area contributed by atoms with Gasteiger partial charge >= 0.3 is 0 Å². The van der Waals surface area contributed by atoms with Gasteiger partial charge in [0.05, 0.1) is 20.9 Å². The smallest absolute Gasteiger partial charge is 0.297 e. The molecule has 36 heteroatoms. The van der Waals surface area contributed by atoms with Gasteiger partial charge in [-0.1, -0.05) is 36.4 Å². The van der Waals surface area contributed by atoms with Gasteiger partial charge in [-0.3, -0.25) is 13.7 Å². The van der Waals surface area contributed by atoms with Gasteiger partial charge in [-0.2, -0.15) is 40.2 Å². The van der Waals surface area contributed by atoms with E-state index in [2.05, 4.69) is 46.0 Å². The summed E-state index contributed by atoms with van der Waals surface area (Å²) in [5, 5.41) is 29.9. The van der Waals surface area contributed by atoms with Crippen molar-refractivity contribution in [2.45, 2.75) is 24.5 Å². The molecule has 6 aromatic carbocycles. The van der Waals surface area contributed by atoms with Crippen LogP contribution in [0.2, 0.25) is 5.28 Å². The summed E-state index contributed by atoms with van der Waals surface area (Å²) in [4.78, 5) is 7.40. The SMILES string of the molecule is CS(=O)O.Nc1c(N=Nc2cc(Nc3nc(Cl)nc(Nc4ccccc4)n3)ccc2S(O)(O)O)c(S(=O)(=O)O)cc2cc(S(O)(O)O)c(N=Nc3ccc4c(S(=O)(=O)O)cccc4c3S(=O)(=O)O)c(O)c12.[Y]. The minimum Gasteiger partial charge on any atom is -0.505 e. The van der Waals surface area contributed by atoms with Crippen molar-refractivity contribution in [2.75, 3.05) is 22.6 Å². The van der Waals surface area contributed by atoms with E-state index >= 15 is 0 Å². The zero-order chi connectivity index (χ0) is 52.6. The molecule has 7 aromatic rings. The maximum atomic E-state index is 12.8. The number of fused-ring (bicyclic) bond motifs is 2. The summed E-state index contributed by atoms with van der Waals surface area (Å²) in [6.07, 6.45) is 1.19. The van der Waals surface area contributed by atoms with Gasteiger partial charge in [0.1, 0.15) is 70.3 Å². The molecule has 0 amide bonds. The fourth-order valence-electron chi connectivity index (χ4n) is 6.34. The summed E-state index contributed by atoms with van der Waals surface area (Å²) in [5.74, 6) is -1.41. The molecule has 0 bridgehead atoms. The fraction of sp³-hybridized carbons (Fsp3) is 0.0278. The Morgan fingerprint density at radius 2 is 1.12 bits per heavy atom. The van der Waals surface area contributed by atoms with Gasteiger partial charge in [-0.25, -0.2) is 4.21 Å². The van der Waals surface area contributed by atoms with Crippen LogP contribution in [0.3, 0.4) is 0 Å². The maximum Gasteiger partial charge on any atom is 0.297 e. The summed E-state index contributed by atoms with van der Waals surface area (Å²) < 4.78 is 184. The number of hydrogen-bond donors (Lipinski definition) is 14. The third-order valence-electron chi connectivity index (χ3n) is 9.04. The Labute approximate surface area is 441 Å². The molecule has 1 aromatic heterocycles. The van der Waals surface area contributed by atoms with Crippen molar-refractivity contribution >= 4 is 148 Å². The molecule has 0 fully saturated rings. The van der Waals surface area contributed by atoms with Crippen LogP contribution >= 0.6 is 33.3 Å². The molecule has 0 saturated carbocycles. The third-order valence-corrected chi connectivity index (χ3v) is 13.8. The number of azo groups is 2. The van der Waals surface area contributed by atoms with Crippen molar-refractivity contribution in [2.24, 2.45) is 20.5 Å². The van der Waals surface area contributed by atoms with Gasteiger partial charge in [-0.05, 0) is 71.6 Å². The monoisotopic (exact) mass is 1210 g/mol. The Morgan fingerprint density at radius 3 is 1.68 bits per heavy atom. The number of anilines is 5. The van der Waals surface area contributed by atoms with Gasteiger partial charge < -0.3 is 53.3 Å². The Balaban J connectivity index is 0.00000185. The molecule has 1 radical (unpaired) electrons. The second-order valence-corrected chi connectivity index (χ2v) is 22.2. The predicted octanol–water partition coefficient (Wildman–Crippen LogP) is 9.18. The molecule has 15 N–H and O–H groups in total. The topological polar surface area (TPSA) is 480 Å². The summed E-state index contributed by atoms with van der Waals surface area (Å²) in [7, 11) is -25.3. The molecule has 1 atom stereocenters. The Bertz CT molecular complexity index is 3700. The van der Waals surface area contributed by atoms with E-state index in [1.807, 2.05) is 0 Å². The minimum absolute atomic E-state index is 0. The van der Waals surface area contributed by atoms with Crippen LogP contribution in [-0.4, -0.2) is 101 Å². The standard InChI is InChI=1S/C35H29ClN10O16S5.CH4O2S.Y/c36-33-40-34(38-17-5-2-1-3-6-17)42-35(41-33)39-18-9-12-24(64(51,52)53)22(15-18)44-45-29-25(65(54,55)56)13-16-14-26(66(57,58)59)30(31(47)27(16)28(29)37)46-43-21-11-10-19-20(32(21)67(60,61)62)7-4-8-23(19)63(48,49)50;1-4(2)3;/h1-15,47,51-53,57-59H,37H2,(H,48,49,50)(H,54,55,56)(H,60,61,62)(H2,38,39,40,41,42);1H3,(H,2,3);. The predicted molar refractivity (Wildman–Crippen MR) is 260 cm³/mol. The van der Waals surface area contributed by atoms with E-state index in [-0.39, 0.29) is 55.6 Å². The van der Waals surface area contributed by atoms with E-state index in [1.165, 1.54) is 12.3 Å². The van der Waals surface area contributed by atoms with Crippen molar-refractivity contribution in [1.82, 2.24) is 15.0 Å². The molecule has 0 aliphatic heterocycles. The number of nitrogens with zero attached hydrogens (tertiary/aromatic N) is 7. The maximum absolute atomic E-state index is 12.8. The van der Waals surface area contributed by atoms with Gasteiger partial charge in [0.15, 0.2) is 5.75 Å². The molecule has 0 aliphatic carbocycles. The second-order valence-electron chi connectivity index (χ2n) is 13.9. The molecule has 0 saturated heterocycles. The first-order chi connectivity index (χ1) is 32.8. The number of nitrogens with two attached hydrogens (primary N) is 1. The van der Waals surface area contributed by atoms with Crippen LogP contribution in [0.4, 0.5) is 51.7 Å². The van der Waals surface area contributed by atoms with E-state index in [0.29, 0.717) is 17.8 Å². The first kappa shape index (κ1) is 57.8. The average molecular weight is 1210 g/mol. The van der Waals surface area contributed by atoms with Crippen LogP contribution in [0.5, 0.6) is 5.75 Å². The molecule has 7 rings (SSSR count). The number of benzene rings is 6. The number of hydrogen-bond acceptors (Lipinski definition) is 24. The van der Waals surface area contributed by atoms with Crippen molar-refractivity contribution < 1.29 is 113 Å². The van der Waals surface area contributed by atoms with Crippen LogP contribution in [-0.2, 0) is 74.1 Å². The number of para-hydroxylation sites is 1. The first-order valence-corrected chi connectivity index (χ1v) is 27.7. The largest absolute Gasteiger partial charge is 0.505 e. The van der Waals surface area contributed by atoms with Crippen LogP contribution in [0, 0.1) is 0 Å². The van der Waals surface area contributed by atoms with Gasteiger partial charge in [-0.15, -0.1) is 20.5 Å². The molecular formula is C36H33ClN10O18S6Y. The fourth-order valence-corrected chi connectivity index (χ4v) is 10.0. The molecule has 1 heterocycles. The van der Waals surface area contributed by atoms with Crippen molar-refractivity contribution in [1.29, 1.82) is 0 Å². The first-order valence-electron chi connectivity index (χ1n) is 18.5. The number of halogens is 1. The summed E-state index contributed by atoms with van der Waals surface area (Å²) >= 11 is 4.50. The normalized spacial score (nSPS) is 13.4.